The third-order valence-electron chi connectivity index (χ3n) is 4.75. The maximum Gasteiger partial charge on any atom is 0.258 e. The number of primary amides is 1. The Morgan fingerprint density at radius 1 is 1.00 bits per heavy atom. The lowest BCUT2D eigenvalue weighted by molar-refractivity contribution is 0.100. The van der Waals surface area contributed by atoms with Gasteiger partial charge in [-0.2, -0.15) is 5.10 Å². The molecule has 162 valence electrons. The molecule has 4 heterocycles. The number of carbonyl (C=O) groups excluding carboxylic acids is 2. The van der Waals surface area contributed by atoms with Crippen LogP contribution in [0.2, 0.25) is 0 Å². The van der Waals surface area contributed by atoms with Crippen molar-refractivity contribution in [3.8, 4) is 11.3 Å². The van der Waals surface area contributed by atoms with E-state index in [0.717, 1.165) is 5.56 Å². The lowest BCUT2D eigenvalue weighted by atomic mass is 10.2. The maximum atomic E-state index is 12.3. The van der Waals surface area contributed by atoms with Crippen molar-refractivity contribution in [2.45, 2.75) is 0 Å². The number of nitrogens with one attached hydrogen (secondary N) is 2. The second-order valence-electron chi connectivity index (χ2n) is 6.93. The van der Waals surface area contributed by atoms with E-state index >= 15 is 0 Å². The standard InChI is InChI=1S/C22H16N8O2S/c23-19(31)17-8-14(11-33-17)16-10-25-20(21-26-12-27-30(16)21)28-15-6-7-18(24-9-15)29-22(32)13-4-2-1-3-5-13/h1-12H,(H2,23,31)(H,25,28)(H,24,29,32). The predicted octanol–water partition coefficient (Wildman–Crippen LogP) is 3.34. The smallest absolute Gasteiger partial charge is 0.258 e. The van der Waals surface area contributed by atoms with Gasteiger partial charge in [-0.05, 0) is 30.3 Å². The van der Waals surface area contributed by atoms with Crippen LogP contribution in [0.5, 0.6) is 0 Å². The van der Waals surface area contributed by atoms with Crippen LogP contribution in [-0.4, -0.2) is 36.4 Å². The first-order valence-corrected chi connectivity index (χ1v) is 10.6. The second kappa shape index (κ2) is 8.48. The van der Waals surface area contributed by atoms with Crippen molar-refractivity contribution in [1.29, 1.82) is 0 Å². The van der Waals surface area contributed by atoms with Gasteiger partial charge in [0, 0.05) is 16.5 Å². The molecule has 0 atom stereocenters. The third-order valence-corrected chi connectivity index (χ3v) is 5.69. The van der Waals surface area contributed by atoms with Crippen molar-refractivity contribution in [1.82, 2.24) is 24.6 Å². The number of pyridine rings is 1. The first kappa shape index (κ1) is 20.3. The third kappa shape index (κ3) is 4.12. The Kier molecular flexibility index (Phi) is 5.21. The predicted molar refractivity (Wildman–Crippen MR) is 125 cm³/mol. The quantitative estimate of drug-likeness (QED) is 0.356. The van der Waals surface area contributed by atoms with E-state index in [2.05, 4.69) is 30.7 Å². The van der Waals surface area contributed by atoms with E-state index in [1.807, 2.05) is 11.4 Å². The molecule has 5 rings (SSSR count). The minimum absolute atomic E-state index is 0.237. The van der Waals surface area contributed by atoms with Crippen molar-refractivity contribution in [3.63, 3.8) is 0 Å². The van der Waals surface area contributed by atoms with Gasteiger partial charge in [-0.1, -0.05) is 18.2 Å². The molecule has 0 bridgehead atoms. The van der Waals surface area contributed by atoms with E-state index in [0.29, 0.717) is 39.1 Å². The fourth-order valence-electron chi connectivity index (χ4n) is 3.16. The van der Waals surface area contributed by atoms with Gasteiger partial charge in [0.1, 0.15) is 12.1 Å². The summed E-state index contributed by atoms with van der Waals surface area (Å²) in [4.78, 5) is 37.2. The van der Waals surface area contributed by atoms with Crippen LogP contribution in [0.15, 0.2) is 72.6 Å². The first-order valence-electron chi connectivity index (χ1n) is 9.75. The van der Waals surface area contributed by atoms with Crippen LogP contribution in [0, 0.1) is 0 Å². The molecule has 4 aromatic heterocycles. The van der Waals surface area contributed by atoms with E-state index in [4.69, 9.17) is 5.73 Å². The van der Waals surface area contributed by atoms with Crippen LogP contribution in [0.25, 0.3) is 16.9 Å². The monoisotopic (exact) mass is 456 g/mol. The van der Waals surface area contributed by atoms with E-state index in [1.54, 1.807) is 59.4 Å². The summed E-state index contributed by atoms with van der Waals surface area (Å²) < 4.78 is 1.63. The lowest BCUT2D eigenvalue weighted by Gasteiger charge is -2.09. The number of amides is 2. The van der Waals surface area contributed by atoms with Gasteiger partial charge in [0.15, 0.2) is 11.5 Å². The van der Waals surface area contributed by atoms with Gasteiger partial charge >= 0.3 is 0 Å². The fourth-order valence-corrected chi connectivity index (χ4v) is 3.91. The summed E-state index contributed by atoms with van der Waals surface area (Å²) in [5, 5.41) is 12.0. The number of thiophene rings is 1. The van der Waals surface area contributed by atoms with E-state index in [-0.39, 0.29) is 5.91 Å². The van der Waals surface area contributed by atoms with Gasteiger partial charge in [-0.3, -0.25) is 9.59 Å². The highest BCUT2D eigenvalue weighted by atomic mass is 32.1. The highest BCUT2D eigenvalue weighted by Gasteiger charge is 2.14. The van der Waals surface area contributed by atoms with Crippen LogP contribution in [-0.2, 0) is 0 Å². The molecule has 5 aromatic rings. The summed E-state index contributed by atoms with van der Waals surface area (Å²) in [6, 6.07) is 14.1. The van der Waals surface area contributed by atoms with Crippen molar-refractivity contribution < 1.29 is 9.59 Å². The fraction of sp³-hybridized carbons (Fsp3) is 0. The van der Waals surface area contributed by atoms with Gasteiger partial charge in [0.2, 0.25) is 0 Å². The molecule has 0 radical (unpaired) electrons. The van der Waals surface area contributed by atoms with Crippen LogP contribution < -0.4 is 16.4 Å². The number of rotatable bonds is 6. The van der Waals surface area contributed by atoms with Gasteiger partial charge in [-0.25, -0.2) is 19.5 Å². The Balaban J connectivity index is 1.36. The molecular weight excluding hydrogens is 440 g/mol. The molecule has 0 aliphatic rings. The summed E-state index contributed by atoms with van der Waals surface area (Å²) in [6.45, 7) is 0. The Morgan fingerprint density at radius 2 is 1.85 bits per heavy atom. The van der Waals surface area contributed by atoms with Crippen LogP contribution in [0.1, 0.15) is 20.0 Å². The molecule has 0 fully saturated rings. The van der Waals surface area contributed by atoms with E-state index < -0.39 is 5.91 Å². The highest BCUT2D eigenvalue weighted by molar-refractivity contribution is 7.12. The van der Waals surface area contributed by atoms with Crippen molar-refractivity contribution >= 4 is 46.1 Å². The van der Waals surface area contributed by atoms with Crippen molar-refractivity contribution in [2.75, 3.05) is 10.6 Å². The largest absolute Gasteiger partial charge is 0.365 e. The lowest BCUT2D eigenvalue weighted by Crippen LogP contribution is -2.12. The average Bonchev–Trinajstić information content (AvgIpc) is 3.52. The Labute approximate surface area is 191 Å². The number of nitrogens with two attached hydrogens (primary N) is 1. The molecule has 0 aliphatic carbocycles. The zero-order valence-electron chi connectivity index (χ0n) is 17.0. The number of aromatic nitrogens is 5. The highest BCUT2D eigenvalue weighted by Crippen LogP contribution is 2.28. The number of hydrogen-bond donors (Lipinski definition) is 3. The number of benzene rings is 1. The normalized spacial score (nSPS) is 10.8. The zero-order chi connectivity index (χ0) is 22.8. The molecule has 11 heteroatoms. The summed E-state index contributed by atoms with van der Waals surface area (Å²) >= 11 is 1.26. The van der Waals surface area contributed by atoms with Gasteiger partial charge in [0.25, 0.3) is 11.8 Å². The Hall–Kier alpha value is -4.64. The first-order chi connectivity index (χ1) is 16.1. The topological polar surface area (TPSA) is 140 Å². The molecule has 0 unspecified atom stereocenters. The van der Waals surface area contributed by atoms with Crippen LogP contribution in [0.3, 0.4) is 0 Å². The summed E-state index contributed by atoms with van der Waals surface area (Å²) in [6.07, 6.45) is 4.65. The summed E-state index contributed by atoms with van der Waals surface area (Å²) in [5.41, 5.74) is 8.51. The number of hydrogen-bond acceptors (Lipinski definition) is 8. The second-order valence-corrected chi connectivity index (χ2v) is 7.84. The van der Waals surface area contributed by atoms with E-state index in [9.17, 15) is 9.59 Å². The molecule has 2 amide bonds. The van der Waals surface area contributed by atoms with Crippen molar-refractivity contribution in [2.24, 2.45) is 5.73 Å². The van der Waals surface area contributed by atoms with Crippen molar-refractivity contribution in [3.05, 3.63) is 83.1 Å². The summed E-state index contributed by atoms with van der Waals surface area (Å²) in [7, 11) is 0. The molecule has 33 heavy (non-hydrogen) atoms. The van der Waals surface area contributed by atoms with Crippen LogP contribution in [0.4, 0.5) is 17.3 Å². The molecule has 0 aliphatic heterocycles. The Morgan fingerprint density at radius 3 is 2.58 bits per heavy atom. The molecule has 10 nitrogen and oxygen atoms in total. The van der Waals surface area contributed by atoms with Gasteiger partial charge in [-0.15, -0.1) is 11.3 Å². The number of fused-ring (bicyclic) bond motifs is 1. The average molecular weight is 456 g/mol. The maximum absolute atomic E-state index is 12.3. The number of nitrogens with zero attached hydrogens (tertiary/aromatic N) is 5. The van der Waals surface area contributed by atoms with Gasteiger partial charge < -0.3 is 16.4 Å². The number of carbonyl (C=O) groups is 2. The van der Waals surface area contributed by atoms with Crippen LogP contribution >= 0.6 is 11.3 Å². The molecule has 4 N–H and O–H groups in total. The molecule has 0 spiro atoms. The Bertz CT molecular complexity index is 1460. The number of anilines is 3. The zero-order valence-corrected chi connectivity index (χ0v) is 17.8. The SMILES string of the molecule is NC(=O)c1cc(-c2cnc(Nc3ccc(NC(=O)c4ccccc4)nc3)c3ncnn23)cs1. The molecule has 1 aromatic carbocycles. The minimum Gasteiger partial charge on any atom is -0.365 e. The molecular formula is C22H16N8O2S. The van der Waals surface area contributed by atoms with Gasteiger partial charge in [0.05, 0.1) is 28.7 Å². The van der Waals surface area contributed by atoms with E-state index in [1.165, 1.54) is 17.7 Å². The molecule has 0 saturated heterocycles. The minimum atomic E-state index is -0.483. The molecule has 0 saturated carbocycles. The summed E-state index contributed by atoms with van der Waals surface area (Å²) in [5.74, 6) is 0.180.